The third kappa shape index (κ3) is 7.79. The van der Waals surface area contributed by atoms with Gasteiger partial charge in [0.2, 0.25) is 5.91 Å². The first kappa shape index (κ1) is 21.5. The van der Waals surface area contributed by atoms with E-state index in [0.717, 1.165) is 10.9 Å². The molecule has 0 unspecified atom stereocenters. The van der Waals surface area contributed by atoms with Crippen LogP contribution in [0.3, 0.4) is 0 Å². The van der Waals surface area contributed by atoms with E-state index >= 15 is 0 Å². The van der Waals surface area contributed by atoms with Crippen molar-refractivity contribution in [2.75, 3.05) is 26.4 Å². The fraction of sp³-hybridized carbons (Fsp3) is 0.381. The fourth-order valence-electron chi connectivity index (χ4n) is 2.70. The largest absolute Gasteiger partial charge is 0.395 e. The molecule has 6 heteroatoms. The van der Waals surface area contributed by atoms with Crippen LogP contribution in [0.1, 0.15) is 24.0 Å². The molecular weight excluding hydrogens is 413 g/mol. The molecule has 4 nitrogen and oxygen atoms in total. The van der Waals surface area contributed by atoms with Gasteiger partial charge in [0, 0.05) is 36.2 Å². The van der Waals surface area contributed by atoms with Gasteiger partial charge in [0.05, 0.1) is 13.2 Å². The van der Waals surface area contributed by atoms with E-state index in [1.807, 2.05) is 18.2 Å². The fourth-order valence-corrected chi connectivity index (χ4v) is 3.11. The van der Waals surface area contributed by atoms with Gasteiger partial charge in [-0.25, -0.2) is 4.39 Å². The number of carbonyl (C=O) groups is 1. The van der Waals surface area contributed by atoms with E-state index in [1.54, 1.807) is 12.1 Å². The molecule has 2 aromatic rings. The smallest absolute Gasteiger partial charge is 0.223 e. The first-order valence-corrected chi connectivity index (χ1v) is 9.83. The average molecular weight is 438 g/mol. The van der Waals surface area contributed by atoms with E-state index in [-0.39, 0.29) is 31.4 Å². The van der Waals surface area contributed by atoms with Crippen molar-refractivity contribution in [3.8, 4) is 0 Å². The van der Waals surface area contributed by atoms with Crippen LogP contribution in [-0.4, -0.2) is 42.3 Å². The van der Waals surface area contributed by atoms with Crippen molar-refractivity contribution in [2.24, 2.45) is 0 Å². The summed E-state index contributed by atoms with van der Waals surface area (Å²) in [4.78, 5) is 13.9. The second-order valence-electron chi connectivity index (χ2n) is 6.23. The number of amides is 1. The van der Waals surface area contributed by atoms with Crippen molar-refractivity contribution < 1.29 is 19.0 Å². The number of aliphatic hydroxyl groups is 1. The molecule has 2 aromatic carbocycles. The number of ether oxygens (including phenoxy) is 1. The van der Waals surface area contributed by atoms with E-state index in [2.05, 4.69) is 28.1 Å². The molecule has 0 aliphatic rings. The SMILES string of the molecule is O=C(CCCOCCc1ccccc1)N(CCO)Cc1cc(Br)ccc1F. The summed E-state index contributed by atoms with van der Waals surface area (Å²) in [6.07, 6.45) is 1.74. The van der Waals surface area contributed by atoms with Gasteiger partial charge in [-0.15, -0.1) is 0 Å². The maximum absolute atomic E-state index is 13.9. The van der Waals surface area contributed by atoms with Crippen molar-refractivity contribution >= 4 is 21.8 Å². The van der Waals surface area contributed by atoms with Crippen LogP contribution < -0.4 is 0 Å². The predicted molar refractivity (Wildman–Crippen MR) is 107 cm³/mol. The van der Waals surface area contributed by atoms with Gasteiger partial charge in [0.1, 0.15) is 5.82 Å². The van der Waals surface area contributed by atoms with E-state index in [4.69, 9.17) is 4.74 Å². The van der Waals surface area contributed by atoms with Gasteiger partial charge in [-0.3, -0.25) is 4.79 Å². The molecule has 0 atom stereocenters. The predicted octanol–water partition coefficient (Wildman–Crippen LogP) is 3.95. The van der Waals surface area contributed by atoms with Crippen LogP contribution in [0.2, 0.25) is 0 Å². The van der Waals surface area contributed by atoms with Crippen molar-refractivity contribution in [3.05, 3.63) is 69.9 Å². The number of hydrogen-bond acceptors (Lipinski definition) is 3. The molecule has 0 aliphatic heterocycles. The van der Waals surface area contributed by atoms with Gasteiger partial charge < -0.3 is 14.7 Å². The first-order valence-electron chi connectivity index (χ1n) is 9.04. The van der Waals surface area contributed by atoms with Crippen molar-refractivity contribution in [3.63, 3.8) is 0 Å². The number of halogens is 2. The monoisotopic (exact) mass is 437 g/mol. The summed E-state index contributed by atoms with van der Waals surface area (Å²) in [7, 11) is 0. The summed E-state index contributed by atoms with van der Waals surface area (Å²) in [5.41, 5.74) is 1.64. The standard InChI is InChI=1S/C21H25BrFNO3/c22-19-8-9-20(23)18(15-19)16-24(11-12-25)21(26)7-4-13-27-14-10-17-5-2-1-3-6-17/h1-3,5-6,8-9,15,25H,4,7,10-14,16H2. The lowest BCUT2D eigenvalue weighted by molar-refractivity contribution is -0.132. The average Bonchev–Trinajstić information content (AvgIpc) is 2.67. The molecule has 0 bridgehead atoms. The molecule has 1 N–H and O–H groups in total. The zero-order valence-corrected chi connectivity index (χ0v) is 16.8. The minimum Gasteiger partial charge on any atom is -0.395 e. The maximum atomic E-state index is 13.9. The molecule has 0 fully saturated rings. The zero-order chi connectivity index (χ0) is 19.5. The molecule has 0 saturated heterocycles. The zero-order valence-electron chi connectivity index (χ0n) is 15.2. The van der Waals surface area contributed by atoms with Crippen LogP contribution in [0.15, 0.2) is 53.0 Å². The number of rotatable bonds is 11. The van der Waals surface area contributed by atoms with Crippen LogP contribution in [0.4, 0.5) is 4.39 Å². The highest BCUT2D eigenvalue weighted by Gasteiger charge is 2.15. The third-order valence-corrected chi connectivity index (χ3v) is 4.64. The van der Waals surface area contributed by atoms with Crippen LogP contribution in [0.5, 0.6) is 0 Å². The van der Waals surface area contributed by atoms with E-state index in [1.165, 1.54) is 16.5 Å². The Labute approximate surface area is 168 Å². The van der Waals surface area contributed by atoms with Crippen molar-refractivity contribution in [1.29, 1.82) is 0 Å². The van der Waals surface area contributed by atoms with Gasteiger partial charge in [-0.05, 0) is 36.6 Å². The van der Waals surface area contributed by atoms with Crippen LogP contribution in [0.25, 0.3) is 0 Å². The quantitative estimate of drug-likeness (QED) is 0.541. The summed E-state index contributed by atoms with van der Waals surface area (Å²) in [6, 6.07) is 14.7. The highest BCUT2D eigenvalue weighted by Crippen LogP contribution is 2.17. The van der Waals surface area contributed by atoms with Crippen LogP contribution in [-0.2, 0) is 22.5 Å². The lowest BCUT2D eigenvalue weighted by Crippen LogP contribution is -2.33. The molecule has 146 valence electrons. The van der Waals surface area contributed by atoms with E-state index < -0.39 is 0 Å². The summed E-state index contributed by atoms with van der Waals surface area (Å²) >= 11 is 3.31. The van der Waals surface area contributed by atoms with Gasteiger partial charge >= 0.3 is 0 Å². The van der Waals surface area contributed by atoms with Gasteiger partial charge in [0.15, 0.2) is 0 Å². The Balaban J connectivity index is 1.73. The Morgan fingerprint density at radius 1 is 1.15 bits per heavy atom. The highest BCUT2D eigenvalue weighted by molar-refractivity contribution is 9.10. The molecule has 0 aromatic heterocycles. The summed E-state index contributed by atoms with van der Waals surface area (Å²) in [5, 5.41) is 9.22. The molecule has 27 heavy (non-hydrogen) atoms. The molecule has 0 saturated carbocycles. The number of aliphatic hydroxyl groups excluding tert-OH is 1. The minimum atomic E-state index is -0.363. The van der Waals surface area contributed by atoms with Crippen molar-refractivity contribution in [2.45, 2.75) is 25.8 Å². The molecule has 2 rings (SSSR count). The Morgan fingerprint density at radius 3 is 2.67 bits per heavy atom. The first-order chi connectivity index (χ1) is 13.1. The topological polar surface area (TPSA) is 49.8 Å². The third-order valence-electron chi connectivity index (χ3n) is 4.15. The number of nitrogens with zero attached hydrogens (tertiary/aromatic N) is 1. The normalized spacial score (nSPS) is 10.8. The Bertz CT molecular complexity index is 712. The van der Waals surface area contributed by atoms with E-state index in [0.29, 0.717) is 31.6 Å². The number of hydrogen-bond donors (Lipinski definition) is 1. The molecule has 0 aliphatic carbocycles. The molecule has 1 amide bonds. The molecular formula is C21H25BrFNO3. The summed E-state index contributed by atoms with van der Waals surface area (Å²) in [5.74, 6) is -0.478. The molecule has 0 spiro atoms. The minimum absolute atomic E-state index is 0.116. The van der Waals surface area contributed by atoms with Gasteiger partial charge in [0.25, 0.3) is 0 Å². The highest BCUT2D eigenvalue weighted by atomic mass is 79.9. The lowest BCUT2D eigenvalue weighted by atomic mass is 10.2. The Kier molecular flexibility index (Phi) is 9.45. The Morgan fingerprint density at radius 2 is 1.93 bits per heavy atom. The second-order valence-corrected chi connectivity index (χ2v) is 7.14. The lowest BCUT2D eigenvalue weighted by Gasteiger charge is -2.22. The number of carbonyl (C=O) groups excluding carboxylic acids is 1. The van der Waals surface area contributed by atoms with E-state index in [9.17, 15) is 14.3 Å². The Hall–Kier alpha value is -1.76. The second kappa shape index (κ2) is 11.8. The number of benzene rings is 2. The molecule has 0 heterocycles. The summed E-state index contributed by atoms with van der Waals surface area (Å²) < 4.78 is 20.3. The summed E-state index contributed by atoms with van der Waals surface area (Å²) in [6.45, 7) is 1.27. The van der Waals surface area contributed by atoms with Crippen LogP contribution in [0, 0.1) is 5.82 Å². The maximum Gasteiger partial charge on any atom is 0.223 e. The van der Waals surface area contributed by atoms with Gasteiger partial charge in [-0.2, -0.15) is 0 Å². The van der Waals surface area contributed by atoms with Crippen LogP contribution >= 0.6 is 15.9 Å². The van der Waals surface area contributed by atoms with Crippen molar-refractivity contribution in [1.82, 2.24) is 4.90 Å². The van der Waals surface area contributed by atoms with Gasteiger partial charge in [-0.1, -0.05) is 46.3 Å². The molecule has 0 radical (unpaired) electrons.